The maximum absolute atomic E-state index is 7.27. The van der Waals surface area contributed by atoms with E-state index in [2.05, 4.69) is 185 Å². The van der Waals surface area contributed by atoms with E-state index in [1.165, 1.54) is 5.39 Å². The molecule has 0 N–H and O–H groups in total. The highest BCUT2D eigenvalue weighted by molar-refractivity contribution is 6.26. The number of fused-ring (bicyclic) bond motifs is 11. The van der Waals surface area contributed by atoms with Crippen LogP contribution in [0.2, 0.25) is 0 Å². The van der Waals surface area contributed by atoms with Crippen molar-refractivity contribution in [1.29, 1.82) is 0 Å². The van der Waals surface area contributed by atoms with E-state index < -0.39 is 0 Å². The summed E-state index contributed by atoms with van der Waals surface area (Å²) in [5.74, 6) is 1.83. The molecule has 0 amide bonds. The zero-order valence-electron chi connectivity index (χ0n) is 33.9. The Labute approximate surface area is 361 Å². The maximum Gasteiger partial charge on any atom is 0.164 e. The molecule has 4 heterocycles. The van der Waals surface area contributed by atoms with Gasteiger partial charge < -0.3 is 13.6 Å². The van der Waals surface area contributed by atoms with Crippen LogP contribution in [0.4, 0.5) is 0 Å². The molecular weight excluding hydrogens is 771 g/mol. The number of para-hydroxylation sites is 3. The first-order valence-electron chi connectivity index (χ1n) is 21.2. The number of furan rings is 1. The van der Waals surface area contributed by atoms with Crippen LogP contribution in [0.1, 0.15) is 0 Å². The van der Waals surface area contributed by atoms with Crippen molar-refractivity contribution in [1.82, 2.24) is 24.1 Å². The van der Waals surface area contributed by atoms with Crippen LogP contribution in [0.15, 0.2) is 217 Å². The largest absolute Gasteiger partial charge is 0.452 e. The average Bonchev–Trinajstić information content (AvgIpc) is 4.03. The highest BCUT2D eigenvalue weighted by Gasteiger charge is 2.23. The lowest BCUT2D eigenvalue weighted by Gasteiger charge is -2.12. The van der Waals surface area contributed by atoms with Crippen LogP contribution in [-0.2, 0) is 0 Å². The van der Waals surface area contributed by atoms with E-state index in [9.17, 15) is 0 Å². The molecule has 9 aromatic carbocycles. The molecule has 6 nitrogen and oxygen atoms in total. The second kappa shape index (κ2) is 14.0. The van der Waals surface area contributed by atoms with E-state index in [0.29, 0.717) is 17.5 Å². The average molecular weight is 806 g/mol. The first-order chi connectivity index (χ1) is 31.2. The van der Waals surface area contributed by atoms with Gasteiger partial charge >= 0.3 is 0 Å². The van der Waals surface area contributed by atoms with Gasteiger partial charge in [-0.25, -0.2) is 15.0 Å². The van der Waals surface area contributed by atoms with E-state index in [4.69, 9.17) is 19.4 Å². The normalized spacial score (nSPS) is 11.8. The monoisotopic (exact) mass is 805 g/mol. The number of hydrogen-bond acceptors (Lipinski definition) is 4. The fourth-order valence-corrected chi connectivity index (χ4v) is 9.48. The van der Waals surface area contributed by atoms with Gasteiger partial charge in [-0.15, -0.1) is 0 Å². The van der Waals surface area contributed by atoms with Crippen molar-refractivity contribution in [2.75, 3.05) is 0 Å². The topological polar surface area (TPSA) is 61.7 Å². The summed E-state index contributed by atoms with van der Waals surface area (Å²) < 4.78 is 12.0. The molecule has 13 rings (SSSR count). The molecule has 0 saturated carbocycles. The lowest BCUT2D eigenvalue weighted by molar-refractivity contribution is 0.673. The third kappa shape index (κ3) is 5.55. The summed E-state index contributed by atoms with van der Waals surface area (Å²) in [6.07, 6.45) is 0. The highest BCUT2D eigenvalue weighted by atomic mass is 16.3. The summed E-state index contributed by atoms with van der Waals surface area (Å²) in [6.45, 7) is 0. The van der Waals surface area contributed by atoms with Crippen LogP contribution in [0.5, 0.6) is 0 Å². The van der Waals surface area contributed by atoms with Crippen molar-refractivity contribution in [2.45, 2.75) is 0 Å². The van der Waals surface area contributed by atoms with Gasteiger partial charge in [0.05, 0.1) is 22.1 Å². The molecule has 0 unspecified atom stereocenters. The van der Waals surface area contributed by atoms with E-state index in [-0.39, 0.29) is 0 Å². The van der Waals surface area contributed by atoms with Crippen LogP contribution in [0, 0.1) is 0 Å². The Morgan fingerprint density at radius 1 is 0.286 bits per heavy atom. The molecule has 0 spiro atoms. The van der Waals surface area contributed by atoms with Crippen molar-refractivity contribution in [3.8, 4) is 56.7 Å². The Bertz CT molecular complexity index is 3890. The van der Waals surface area contributed by atoms with Crippen molar-refractivity contribution in [3.05, 3.63) is 212 Å². The first kappa shape index (κ1) is 35.2. The lowest BCUT2D eigenvalue weighted by atomic mass is 10.0. The Balaban J connectivity index is 1.03. The summed E-state index contributed by atoms with van der Waals surface area (Å²) in [5.41, 5.74) is 13.1. The Kier molecular flexibility index (Phi) is 7.80. The van der Waals surface area contributed by atoms with Gasteiger partial charge in [0, 0.05) is 60.4 Å². The van der Waals surface area contributed by atoms with Crippen LogP contribution < -0.4 is 0 Å². The lowest BCUT2D eigenvalue weighted by Crippen LogP contribution is -2.01. The minimum Gasteiger partial charge on any atom is -0.452 e. The second-order valence-corrected chi connectivity index (χ2v) is 16.0. The third-order valence-corrected chi connectivity index (χ3v) is 12.4. The number of aromatic nitrogens is 5. The van der Waals surface area contributed by atoms with E-state index in [1.54, 1.807) is 0 Å². The van der Waals surface area contributed by atoms with Gasteiger partial charge in [0.25, 0.3) is 0 Å². The molecule has 0 saturated heterocycles. The first-order valence-corrected chi connectivity index (χ1v) is 21.2. The fraction of sp³-hybridized carbons (Fsp3) is 0. The minimum atomic E-state index is 0.596. The van der Waals surface area contributed by atoms with Crippen molar-refractivity contribution in [2.24, 2.45) is 0 Å². The van der Waals surface area contributed by atoms with Crippen LogP contribution >= 0.6 is 0 Å². The summed E-state index contributed by atoms with van der Waals surface area (Å²) in [5, 5.41) is 6.76. The molecule has 0 bridgehead atoms. The van der Waals surface area contributed by atoms with Gasteiger partial charge in [-0.2, -0.15) is 0 Å². The predicted molar refractivity (Wildman–Crippen MR) is 258 cm³/mol. The minimum absolute atomic E-state index is 0.596. The number of nitrogens with zero attached hydrogens (tertiary/aromatic N) is 5. The standard InChI is InChI=1S/C57H35N5O/c1-4-15-36(16-5-1)37-27-29-39(30-28-37)56-58-55(38-17-6-2-7-18-38)59-57(60-56)40-19-14-22-42(35-40)62-50-26-13-11-24-44(50)46-32-34-48-47-33-31-45-43-23-10-12-25-49(43)61(41-20-8-3-9-21-41)51(45)53(47)63-54(48)52(46)62/h1-35H. The zero-order chi connectivity index (χ0) is 41.4. The van der Waals surface area contributed by atoms with Crippen LogP contribution in [0.3, 0.4) is 0 Å². The smallest absolute Gasteiger partial charge is 0.164 e. The van der Waals surface area contributed by atoms with E-state index in [0.717, 1.165) is 99.4 Å². The molecule has 63 heavy (non-hydrogen) atoms. The third-order valence-electron chi connectivity index (χ3n) is 12.4. The van der Waals surface area contributed by atoms with Crippen LogP contribution in [0.25, 0.3) is 122 Å². The van der Waals surface area contributed by atoms with Gasteiger partial charge in [0.1, 0.15) is 0 Å². The van der Waals surface area contributed by atoms with Crippen molar-refractivity contribution in [3.63, 3.8) is 0 Å². The van der Waals surface area contributed by atoms with Gasteiger partial charge in [-0.1, -0.05) is 164 Å². The van der Waals surface area contributed by atoms with Gasteiger partial charge in [-0.05, 0) is 59.7 Å². The van der Waals surface area contributed by atoms with Gasteiger partial charge in [0.15, 0.2) is 28.6 Å². The predicted octanol–water partition coefficient (Wildman–Crippen LogP) is 14.6. The quantitative estimate of drug-likeness (QED) is 0.168. The maximum atomic E-state index is 7.27. The summed E-state index contributed by atoms with van der Waals surface area (Å²) in [6, 6.07) is 74.2. The Morgan fingerprint density at radius 3 is 1.27 bits per heavy atom. The summed E-state index contributed by atoms with van der Waals surface area (Å²) in [4.78, 5) is 15.3. The molecule has 13 aromatic rings. The Hall–Kier alpha value is -8.61. The number of hydrogen-bond donors (Lipinski definition) is 0. The summed E-state index contributed by atoms with van der Waals surface area (Å²) in [7, 11) is 0. The van der Waals surface area contributed by atoms with E-state index in [1.807, 2.05) is 36.4 Å². The fourth-order valence-electron chi connectivity index (χ4n) is 9.48. The van der Waals surface area contributed by atoms with Crippen molar-refractivity contribution >= 4 is 65.6 Å². The molecule has 0 radical (unpaired) electrons. The SMILES string of the molecule is c1ccc(-c2ccc(-c3nc(-c4ccccc4)nc(-c4cccc(-n5c6ccccc6c6ccc7c8ccc9c%10ccccc%10n(-c%10ccccc%10)c9c8oc7c65)c4)n3)cc2)cc1. The number of rotatable bonds is 6. The molecule has 0 aliphatic heterocycles. The van der Waals surface area contributed by atoms with Gasteiger partial charge in [-0.3, -0.25) is 0 Å². The molecular formula is C57H35N5O. The van der Waals surface area contributed by atoms with Crippen LogP contribution in [-0.4, -0.2) is 24.1 Å². The number of benzene rings is 9. The molecule has 0 fully saturated rings. The second-order valence-electron chi connectivity index (χ2n) is 16.0. The Morgan fingerprint density at radius 2 is 0.683 bits per heavy atom. The zero-order valence-corrected chi connectivity index (χ0v) is 33.9. The summed E-state index contributed by atoms with van der Waals surface area (Å²) >= 11 is 0. The molecule has 6 heteroatoms. The molecule has 0 aliphatic carbocycles. The molecule has 4 aromatic heterocycles. The van der Waals surface area contributed by atoms with Crippen molar-refractivity contribution < 1.29 is 4.42 Å². The molecule has 0 aliphatic rings. The van der Waals surface area contributed by atoms with Gasteiger partial charge in [0.2, 0.25) is 0 Å². The van der Waals surface area contributed by atoms with E-state index >= 15 is 0 Å². The molecule has 0 atom stereocenters. The highest BCUT2D eigenvalue weighted by Crippen LogP contribution is 2.44. The molecule has 294 valence electrons.